The molecule has 198 valence electrons. The van der Waals surface area contributed by atoms with Crippen LogP contribution in [0.15, 0.2) is 65.8 Å². The summed E-state index contributed by atoms with van der Waals surface area (Å²) in [5.74, 6) is -2.04. The van der Waals surface area contributed by atoms with Crippen LogP contribution in [0.2, 0.25) is 0 Å². The highest BCUT2D eigenvalue weighted by molar-refractivity contribution is 7.89. The number of rotatable bonds is 6. The van der Waals surface area contributed by atoms with E-state index in [-0.39, 0.29) is 57.6 Å². The predicted molar refractivity (Wildman–Crippen MR) is 139 cm³/mol. The maximum atomic E-state index is 14.4. The maximum Gasteiger partial charge on any atom is 0.260 e. The summed E-state index contributed by atoms with van der Waals surface area (Å²) in [6, 6.07) is 11.1. The van der Waals surface area contributed by atoms with Crippen LogP contribution in [0.3, 0.4) is 0 Å². The first kappa shape index (κ1) is 26.3. The van der Waals surface area contributed by atoms with Crippen molar-refractivity contribution < 1.29 is 26.7 Å². The highest BCUT2D eigenvalue weighted by Crippen LogP contribution is 2.33. The van der Waals surface area contributed by atoms with Crippen LogP contribution in [0.5, 0.6) is 0 Å². The number of carbonyl (C=O) groups is 1. The molecule has 4 aromatic rings. The Morgan fingerprint density at radius 2 is 1.84 bits per heavy atom. The Hall–Kier alpha value is -3.32. The van der Waals surface area contributed by atoms with Crippen LogP contribution in [0.4, 0.5) is 13.9 Å². The lowest BCUT2D eigenvalue weighted by atomic mass is 10.2. The SMILES string of the molecule is CC1CN(S(=O)(=O)c2ccc(C(=O)N(Cc3cccnc3)c3nc4c(F)cc(F)cc4s3)cc2)CC(C)O1. The fourth-order valence-electron chi connectivity index (χ4n) is 4.36. The molecular weight excluding hydrogens is 534 g/mol. The van der Waals surface area contributed by atoms with Crippen molar-refractivity contribution in [1.29, 1.82) is 0 Å². The van der Waals surface area contributed by atoms with Gasteiger partial charge in [-0.1, -0.05) is 17.4 Å². The molecule has 12 heteroatoms. The molecule has 1 aliphatic heterocycles. The van der Waals surface area contributed by atoms with Crippen LogP contribution in [-0.4, -0.2) is 53.9 Å². The molecule has 0 saturated carbocycles. The second-order valence-electron chi connectivity index (χ2n) is 9.09. The van der Waals surface area contributed by atoms with Gasteiger partial charge < -0.3 is 4.74 Å². The second-order valence-corrected chi connectivity index (χ2v) is 12.0. The summed E-state index contributed by atoms with van der Waals surface area (Å²) < 4.78 is 61.8. The third-order valence-corrected chi connectivity index (χ3v) is 8.94. The number of ether oxygens (including phenoxy) is 1. The Bertz CT molecular complexity index is 1570. The van der Waals surface area contributed by atoms with Gasteiger partial charge in [-0.25, -0.2) is 22.2 Å². The summed E-state index contributed by atoms with van der Waals surface area (Å²) in [4.78, 5) is 23.4. The van der Waals surface area contributed by atoms with Gasteiger partial charge in [0.05, 0.1) is 28.3 Å². The van der Waals surface area contributed by atoms with Gasteiger partial charge in [0.1, 0.15) is 11.3 Å². The standard InChI is InChI=1S/C26H24F2N4O4S2/c1-16-13-31(14-17(2)36-16)38(34,35)21-7-5-19(6-8-21)25(33)32(15-18-4-3-9-29-12-18)26-30-24-22(28)10-20(27)11-23(24)37-26/h3-12,16-17H,13-15H2,1-2H3. The van der Waals surface area contributed by atoms with Gasteiger partial charge in [0, 0.05) is 37.1 Å². The van der Waals surface area contributed by atoms with E-state index in [0.29, 0.717) is 5.56 Å². The van der Waals surface area contributed by atoms with Crippen molar-refractivity contribution in [3.63, 3.8) is 0 Å². The number of hydrogen-bond acceptors (Lipinski definition) is 7. The molecule has 2 aromatic heterocycles. The Labute approximate surface area is 222 Å². The van der Waals surface area contributed by atoms with Gasteiger partial charge in [0.25, 0.3) is 5.91 Å². The maximum absolute atomic E-state index is 14.4. The summed E-state index contributed by atoms with van der Waals surface area (Å²) in [6.07, 6.45) is 2.72. The molecule has 38 heavy (non-hydrogen) atoms. The van der Waals surface area contributed by atoms with Crippen molar-refractivity contribution in [3.05, 3.63) is 83.7 Å². The number of amides is 1. The number of morpholine rings is 1. The Morgan fingerprint density at radius 1 is 1.13 bits per heavy atom. The first-order valence-electron chi connectivity index (χ1n) is 11.8. The first-order valence-corrected chi connectivity index (χ1v) is 14.1. The number of benzene rings is 2. The van der Waals surface area contributed by atoms with Gasteiger partial charge in [0.2, 0.25) is 10.0 Å². The number of nitrogens with zero attached hydrogens (tertiary/aromatic N) is 4. The summed E-state index contributed by atoms with van der Waals surface area (Å²) in [7, 11) is -3.78. The van der Waals surface area contributed by atoms with E-state index in [1.165, 1.54) is 39.5 Å². The van der Waals surface area contributed by atoms with Gasteiger partial charge in [0.15, 0.2) is 10.9 Å². The number of pyridine rings is 1. The summed E-state index contributed by atoms with van der Waals surface area (Å²) >= 11 is 0.982. The fraction of sp³-hybridized carbons (Fsp3) is 0.269. The topological polar surface area (TPSA) is 92.7 Å². The van der Waals surface area contributed by atoms with E-state index in [2.05, 4.69) is 9.97 Å². The van der Waals surface area contributed by atoms with Crippen LogP contribution < -0.4 is 4.90 Å². The van der Waals surface area contributed by atoms with Gasteiger partial charge in [-0.2, -0.15) is 4.31 Å². The van der Waals surface area contributed by atoms with Crippen LogP contribution >= 0.6 is 11.3 Å². The molecule has 2 unspecified atom stereocenters. The number of aromatic nitrogens is 2. The van der Waals surface area contributed by atoms with E-state index in [1.54, 1.807) is 24.5 Å². The van der Waals surface area contributed by atoms with Crippen molar-refractivity contribution in [1.82, 2.24) is 14.3 Å². The third kappa shape index (κ3) is 5.30. The molecule has 0 N–H and O–H groups in total. The number of halogens is 2. The molecule has 1 aliphatic rings. The molecule has 1 fully saturated rings. The molecule has 5 rings (SSSR count). The van der Waals surface area contributed by atoms with E-state index >= 15 is 0 Å². The fourth-order valence-corrected chi connectivity index (χ4v) is 6.96. The lowest BCUT2D eigenvalue weighted by Gasteiger charge is -2.34. The summed E-state index contributed by atoms with van der Waals surface area (Å²) in [6.45, 7) is 4.18. The molecule has 0 radical (unpaired) electrons. The normalized spacial score (nSPS) is 18.5. The minimum atomic E-state index is -3.78. The number of carbonyl (C=O) groups excluding carboxylic acids is 1. The molecule has 3 heterocycles. The van der Waals surface area contributed by atoms with Crippen molar-refractivity contribution in [2.45, 2.75) is 37.5 Å². The lowest BCUT2D eigenvalue weighted by Crippen LogP contribution is -2.48. The molecule has 0 bridgehead atoms. The minimum Gasteiger partial charge on any atom is -0.373 e. The number of sulfonamides is 1. The average molecular weight is 559 g/mol. The quantitative estimate of drug-likeness (QED) is 0.343. The first-order chi connectivity index (χ1) is 18.1. The molecule has 2 atom stereocenters. The molecular formula is C26H24F2N4O4S2. The highest BCUT2D eigenvalue weighted by Gasteiger charge is 2.32. The number of anilines is 1. The largest absolute Gasteiger partial charge is 0.373 e. The Morgan fingerprint density at radius 3 is 2.50 bits per heavy atom. The van der Waals surface area contributed by atoms with Gasteiger partial charge >= 0.3 is 0 Å². The molecule has 2 aromatic carbocycles. The van der Waals surface area contributed by atoms with Gasteiger partial charge in [-0.15, -0.1) is 0 Å². The molecule has 0 aliphatic carbocycles. The van der Waals surface area contributed by atoms with Crippen molar-refractivity contribution in [2.24, 2.45) is 0 Å². The van der Waals surface area contributed by atoms with E-state index in [9.17, 15) is 22.0 Å². The molecule has 1 saturated heterocycles. The van der Waals surface area contributed by atoms with Gasteiger partial charge in [-0.3, -0.25) is 14.7 Å². The number of thiazole rings is 1. The Balaban J connectivity index is 1.47. The summed E-state index contributed by atoms with van der Waals surface area (Å²) in [5.41, 5.74) is 0.870. The van der Waals surface area contributed by atoms with Crippen molar-refractivity contribution in [3.8, 4) is 0 Å². The second kappa shape index (κ2) is 10.4. The highest BCUT2D eigenvalue weighted by atomic mass is 32.2. The zero-order valence-corrected chi connectivity index (χ0v) is 22.2. The Kier molecular flexibility index (Phi) is 7.23. The zero-order chi connectivity index (χ0) is 27.0. The zero-order valence-electron chi connectivity index (χ0n) is 20.5. The monoisotopic (exact) mass is 558 g/mol. The van der Waals surface area contributed by atoms with E-state index in [1.807, 2.05) is 13.8 Å². The lowest BCUT2D eigenvalue weighted by molar-refractivity contribution is -0.0440. The molecule has 0 spiro atoms. The number of fused-ring (bicyclic) bond motifs is 1. The number of hydrogen-bond donors (Lipinski definition) is 0. The average Bonchev–Trinajstić information content (AvgIpc) is 3.31. The molecule has 1 amide bonds. The molecule has 8 nitrogen and oxygen atoms in total. The summed E-state index contributed by atoms with van der Waals surface area (Å²) in [5, 5.41) is 0.173. The smallest absolute Gasteiger partial charge is 0.260 e. The van der Waals surface area contributed by atoms with E-state index in [0.717, 1.165) is 17.4 Å². The van der Waals surface area contributed by atoms with Crippen LogP contribution in [0.1, 0.15) is 29.8 Å². The van der Waals surface area contributed by atoms with Crippen LogP contribution in [0.25, 0.3) is 10.2 Å². The third-order valence-electron chi connectivity index (χ3n) is 6.07. The van der Waals surface area contributed by atoms with E-state index in [4.69, 9.17) is 4.74 Å². The van der Waals surface area contributed by atoms with Crippen molar-refractivity contribution in [2.75, 3.05) is 18.0 Å². The van der Waals surface area contributed by atoms with Gasteiger partial charge in [-0.05, 0) is 55.8 Å². The van der Waals surface area contributed by atoms with Crippen LogP contribution in [-0.2, 0) is 21.3 Å². The van der Waals surface area contributed by atoms with E-state index < -0.39 is 27.6 Å². The van der Waals surface area contributed by atoms with Crippen molar-refractivity contribution >= 4 is 42.6 Å². The minimum absolute atomic E-state index is 0.0363. The predicted octanol–water partition coefficient (Wildman–Crippen LogP) is 4.61. The van der Waals surface area contributed by atoms with Crippen LogP contribution in [0, 0.1) is 11.6 Å².